The van der Waals surface area contributed by atoms with Crippen LogP contribution in [0.15, 0.2) is 30.3 Å². The topological polar surface area (TPSA) is 218 Å². The zero-order valence-electron chi connectivity index (χ0n) is 48.6. The molecule has 0 aliphatic heterocycles. The third-order valence-corrected chi connectivity index (χ3v) is 14.1. The van der Waals surface area contributed by atoms with Gasteiger partial charge in [-0.05, 0) is 73.4 Å². The van der Waals surface area contributed by atoms with Crippen LogP contribution in [0.3, 0.4) is 0 Å². The lowest BCUT2D eigenvalue weighted by Gasteiger charge is -2.43. The number of carbonyl (C=O) groups is 8. The van der Waals surface area contributed by atoms with Crippen LogP contribution in [0.1, 0.15) is 115 Å². The standard InChI is InChI=1S/C55H98N10O8/c1-32(2)41(57-15)48(66)59-42(33(3)4)51(69)62(18)45(36(9)10)53(71)64(20)47(38(13)14)55(73)65(21)46(37(11)12)54(72)63(19)44(35(7)8)52(70)60(16)40(31-39-27-23-22-24-28-39)50(68)61(17)43(34(5)6)49(67)58-30-26-25-29-56/h22-24,27-28,32-38,40-47,57H,25-26,29-31,56H2,1-21H3,(H,58,67)(H,59,66)/t40-,41-,42-,43-,44-,45-,46-,47-/m0/s1. The van der Waals surface area contributed by atoms with Crippen molar-refractivity contribution in [2.75, 3.05) is 62.4 Å². The highest BCUT2D eigenvalue weighted by molar-refractivity contribution is 5.98. The predicted octanol–water partition coefficient (Wildman–Crippen LogP) is 3.71. The molecule has 1 aromatic rings. The number of amides is 8. The van der Waals surface area contributed by atoms with E-state index < -0.39 is 107 Å². The molecular formula is C55H98N10O8. The van der Waals surface area contributed by atoms with E-state index in [-0.39, 0.29) is 36.0 Å². The molecule has 18 heteroatoms. The fourth-order valence-electron chi connectivity index (χ4n) is 9.98. The molecule has 18 nitrogen and oxygen atoms in total. The van der Waals surface area contributed by atoms with Crippen LogP contribution in [0.25, 0.3) is 0 Å². The minimum atomic E-state index is -1.09. The Labute approximate surface area is 439 Å². The highest BCUT2D eigenvalue weighted by Crippen LogP contribution is 2.26. The summed E-state index contributed by atoms with van der Waals surface area (Å²) in [7, 11) is 10.9. The second kappa shape index (κ2) is 30.3. The van der Waals surface area contributed by atoms with Gasteiger partial charge in [0.15, 0.2) is 0 Å². The molecule has 1 rings (SSSR count). The predicted molar refractivity (Wildman–Crippen MR) is 289 cm³/mol. The minimum Gasteiger partial charge on any atom is -0.354 e. The Morgan fingerprint density at radius 1 is 0.438 bits per heavy atom. The molecule has 0 spiro atoms. The molecule has 1 aromatic carbocycles. The number of rotatable bonds is 29. The van der Waals surface area contributed by atoms with Gasteiger partial charge in [-0.2, -0.15) is 0 Å². The summed E-state index contributed by atoms with van der Waals surface area (Å²) in [5, 5.41) is 8.87. The summed E-state index contributed by atoms with van der Waals surface area (Å²) in [6.07, 6.45) is 1.57. The van der Waals surface area contributed by atoms with Crippen molar-refractivity contribution in [3.05, 3.63) is 35.9 Å². The molecule has 8 atom stereocenters. The first-order chi connectivity index (χ1) is 33.8. The second-order valence-corrected chi connectivity index (χ2v) is 22.4. The molecule has 0 aromatic heterocycles. The van der Waals surface area contributed by atoms with E-state index in [2.05, 4.69) is 16.0 Å². The van der Waals surface area contributed by atoms with Gasteiger partial charge in [0, 0.05) is 55.3 Å². The van der Waals surface area contributed by atoms with Crippen LogP contribution in [0, 0.1) is 41.4 Å². The third kappa shape index (κ3) is 17.5. The quantitative estimate of drug-likeness (QED) is 0.0854. The molecule has 416 valence electrons. The number of hydrogen-bond acceptors (Lipinski definition) is 10. The Morgan fingerprint density at radius 2 is 0.795 bits per heavy atom. The lowest BCUT2D eigenvalue weighted by molar-refractivity contribution is -0.159. The van der Waals surface area contributed by atoms with Crippen molar-refractivity contribution in [2.45, 2.75) is 165 Å². The average Bonchev–Trinajstić information content (AvgIpc) is 3.30. The van der Waals surface area contributed by atoms with Gasteiger partial charge in [0.05, 0.1) is 6.04 Å². The first-order valence-electron chi connectivity index (χ1n) is 26.4. The molecule has 0 bridgehead atoms. The van der Waals surface area contributed by atoms with E-state index in [4.69, 9.17) is 5.73 Å². The first-order valence-corrected chi connectivity index (χ1v) is 26.4. The summed E-state index contributed by atoms with van der Waals surface area (Å²) in [6, 6.07) is 1.68. The van der Waals surface area contributed by atoms with E-state index in [1.807, 2.05) is 113 Å². The van der Waals surface area contributed by atoms with E-state index in [0.717, 1.165) is 12.0 Å². The van der Waals surface area contributed by atoms with Crippen LogP contribution in [0.4, 0.5) is 0 Å². The summed E-state index contributed by atoms with van der Waals surface area (Å²) < 4.78 is 0. The Bertz CT molecular complexity index is 1960. The molecule has 0 saturated carbocycles. The maximum atomic E-state index is 15.0. The van der Waals surface area contributed by atoms with Crippen molar-refractivity contribution in [3.8, 4) is 0 Å². The van der Waals surface area contributed by atoms with Crippen LogP contribution in [0.5, 0.6) is 0 Å². The fraction of sp³-hybridized carbons (Fsp3) is 0.745. The van der Waals surface area contributed by atoms with Gasteiger partial charge in [-0.25, -0.2) is 0 Å². The lowest BCUT2D eigenvalue weighted by atomic mass is 9.93. The molecule has 0 fully saturated rings. The van der Waals surface area contributed by atoms with E-state index in [9.17, 15) is 28.8 Å². The van der Waals surface area contributed by atoms with Crippen LogP contribution >= 0.6 is 0 Å². The van der Waals surface area contributed by atoms with Crippen LogP contribution < -0.4 is 21.7 Å². The molecule has 0 aliphatic rings. The third-order valence-electron chi connectivity index (χ3n) is 14.1. The zero-order chi connectivity index (χ0) is 56.5. The van der Waals surface area contributed by atoms with Gasteiger partial charge in [0.2, 0.25) is 47.3 Å². The van der Waals surface area contributed by atoms with Crippen molar-refractivity contribution < 1.29 is 38.4 Å². The molecule has 0 aliphatic carbocycles. The number of unbranched alkanes of at least 4 members (excludes halogenated alkanes) is 1. The molecule has 8 amide bonds. The molecule has 73 heavy (non-hydrogen) atoms. The summed E-state index contributed by atoms with van der Waals surface area (Å²) in [4.78, 5) is 124. The van der Waals surface area contributed by atoms with Gasteiger partial charge in [-0.3, -0.25) is 38.4 Å². The van der Waals surface area contributed by atoms with Crippen molar-refractivity contribution in [1.82, 2.24) is 45.3 Å². The number of nitrogens with one attached hydrogen (secondary N) is 3. The van der Waals surface area contributed by atoms with Gasteiger partial charge in [-0.15, -0.1) is 0 Å². The Balaban J connectivity index is 3.69. The fourth-order valence-corrected chi connectivity index (χ4v) is 9.98. The first kappa shape index (κ1) is 65.9. The maximum Gasteiger partial charge on any atom is 0.246 e. The van der Waals surface area contributed by atoms with E-state index >= 15 is 9.59 Å². The van der Waals surface area contributed by atoms with Crippen LogP contribution in [-0.2, 0) is 44.8 Å². The number of likely N-dealkylation sites (N-methyl/N-ethyl adjacent to an activating group) is 7. The van der Waals surface area contributed by atoms with Crippen LogP contribution in [0.2, 0.25) is 0 Å². The number of hydrogen-bond donors (Lipinski definition) is 4. The molecule has 0 unspecified atom stereocenters. The molecule has 0 saturated heterocycles. The molecular weight excluding hydrogens is 929 g/mol. The molecule has 0 radical (unpaired) electrons. The summed E-state index contributed by atoms with van der Waals surface area (Å²) in [5.74, 6) is -5.89. The van der Waals surface area contributed by atoms with E-state index in [0.29, 0.717) is 19.5 Å². The monoisotopic (exact) mass is 1030 g/mol. The highest BCUT2D eigenvalue weighted by Gasteiger charge is 2.46. The molecule has 5 N–H and O–H groups in total. The molecule has 0 heterocycles. The van der Waals surface area contributed by atoms with E-state index in [1.54, 1.807) is 35.0 Å². The van der Waals surface area contributed by atoms with Gasteiger partial charge >= 0.3 is 0 Å². The second-order valence-electron chi connectivity index (χ2n) is 22.4. The zero-order valence-corrected chi connectivity index (χ0v) is 48.6. The smallest absolute Gasteiger partial charge is 0.246 e. The average molecular weight is 1030 g/mol. The van der Waals surface area contributed by atoms with Crippen molar-refractivity contribution >= 4 is 47.3 Å². The van der Waals surface area contributed by atoms with Crippen molar-refractivity contribution in [1.29, 1.82) is 0 Å². The van der Waals surface area contributed by atoms with Crippen LogP contribution in [-0.4, -0.2) is 187 Å². The highest BCUT2D eigenvalue weighted by atomic mass is 16.2. The minimum absolute atomic E-state index is 0.0462. The van der Waals surface area contributed by atoms with Gasteiger partial charge < -0.3 is 51.1 Å². The van der Waals surface area contributed by atoms with Crippen molar-refractivity contribution in [3.63, 3.8) is 0 Å². The number of benzene rings is 1. The van der Waals surface area contributed by atoms with Gasteiger partial charge in [0.1, 0.15) is 42.3 Å². The van der Waals surface area contributed by atoms with Crippen molar-refractivity contribution in [2.24, 2.45) is 47.2 Å². The Morgan fingerprint density at radius 3 is 1.14 bits per heavy atom. The Kier molecular flexibility index (Phi) is 27.4. The Hall–Kier alpha value is -5.10. The number of nitrogens with two attached hydrogens (primary N) is 1. The largest absolute Gasteiger partial charge is 0.354 e. The lowest BCUT2D eigenvalue weighted by Crippen LogP contribution is -2.63. The maximum absolute atomic E-state index is 15.0. The summed E-state index contributed by atoms with van der Waals surface area (Å²) in [6.45, 7) is 26.6. The number of carbonyl (C=O) groups excluding carboxylic acids is 8. The van der Waals surface area contributed by atoms with Gasteiger partial charge in [0.25, 0.3) is 0 Å². The normalized spacial score (nSPS) is 15.1. The summed E-state index contributed by atoms with van der Waals surface area (Å²) >= 11 is 0. The summed E-state index contributed by atoms with van der Waals surface area (Å²) in [5.41, 5.74) is 6.45. The van der Waals surface area contributed by atoms with E-state index in [1.165, 1.54) is 57.6 Å². The SMILES string of the molecule is CN[C@H](C(=O)N[C@H](C(=O)N(C)[C@H](C(=O)N(C)[C@H](C(=O)N(C)[C@H](C(=O)N(C)[C@H](C(=O)N(C)[C@@H](Cc1ccccc1)C(=O)N(C)[C@H](C(=O)NCCCCN)C(C)C)C(C)C)C(C)C)C(C)C)C(C)C)C(C)C)C(C)C. The number of nitrogens with zero attached hydrogens (tertiary/aromatic N) is 6. The van der Waals surface area contributed by atoms with Gasteiger partial charge in [-0.1, -0.05) is 127 Å².